The summed E-state index contributed by atoms with van der Waals surface area (Å²) >= 11 is 0. The molecule has 160 valence electrons. The van der Waals surface area contributed by atoms with Gasteiger partial charge in [-0.05, 0) is 24.6 Å². The minimum Gasteiger partial charge on any atom is -0.386 e. The molecule has 0 fully saturated rings. The first kappa shape index (κ1) is 22.3. The predicted molar refractivity (Wildman–Crippen MR) is 117 cm³/mol. The van der Waals surface area contributed by atoms with Gasteiger partial charge in [-0.25, -0.2) is 4.39 Å². The van der Waals surface area contributed by atoms with Gasteiger partial charge in [-0.3, -0.25) is 9.59 Å². The number of anilines is 2. The Bertz CT molecular complexity index is 1020. The number of benzene rings is 2. The van der Waals surface area contributed by atoms with Crippen molar-refractivity contribution in [1.82, 2.24) is 10.2 Å². The van der Waals surface area contributed by atoms with Gasteiger partial charge in [0.1, 0.15) is 14.1 Å². The number of halogens is 1. The number of hydrogen-bond donors (Lipinski definition) is 3. The van der Waals surface area contributed by atoms with Crippen molar-refractivity contribution >= 4 is 37.3 Å². The molecular weight excluding hydrogens is 398 g/mol. The van der Waals surface area contributed by atoms with Crippen molar-refractivity contribution in [2.75, 3.05) is 24.7 Å². The molecule has 1 aliphatic heterocycles. The van der Waals surface area contributed by atoms with E-state index in [1.807, 2.05) is 0 Å². The SMILES string of the molecule is [B]C(CCC=O)(C(=O)NC)N1Cc2c(NCc3cccc(NC)c3F)cccc2C1=O. The minimum absolute atomic E-state index is 0.000680. The molecule has 9 heteroatoms. The number of likely N-dealkylation sites (N-methyl/N-ethyl adjacent to an activating group) is 1. The number of hydrogen-bond acceptors (Lipinski definition) is 5. The van der Waals surface area contributed by atoms with Gasteiger partial charge in [-0.15, -0.1) is 0 Å². The molecule has 1 heterocycles. The monoisotopic (exact) mass is 422 g/mol. The van der Waals surface area contributed by atoms with Crippen LogP contribution >= 0.6 is 0 Å². The molecule has 0 saturated carbocycles. The van der Waals surface area contributed by atoms with Crippen LogP contribution in [0.5, 0.6) is 0 Å². The molecule has 31 heavy (non-hydrogen) atoms. The lowest BCUT2D eigenvalue weighted by molar-refractivity contribution is -0.127. The average molecular weight is 422 g/mol. The molecule has 2 aromatic carbocycles. The molecule has 2 amide bonds. The van der Waals surface area contributed by atoms with E-state index in [0.717, 1.165) is 0 Å². The van der Waals surface area contributed by atoms with Crippen molar-refractivity contribution < 1.29 is 18.8 Å². The maximum absolute atomic E-state index is 14.5. The summed E-state index contributed by atoms with van der Waals surface area (Å²) < 4.78 is 14.5. The summed E-state index contributed by atoms with van der Waals surface area (Å²) in [6.07, 6.45) is 0.704. The van der Waals surface area contributed by atoms with Gasteiger partial charge in [0.25, 0.3) is 5.91 Å². The highest BCUT2D eigenvalue weighted by Gasteiger charge is 2.45. The van der Waals surface area contributed by atoms with Crippen LogP contribution in [0.2, 0.25) is 0 Å². The highest BCUT2D eigenvalue weighted by molar-refractivity contribution is 6.30. The Morgan fingerprint density at radius 2 is 1.94 bits per heavy atom. The molecule has 3 rings (SSSR count). The van der Waals surface area contributed by atoms with Crippen LogP contribution < -0.4 is 16.0 Å². The molecule has 7 nitrogen and oxygen atoms in total. The molecule has 2 aromatic rings. The van der Waals surface area contributed by atoms with E-state index in [2.05, 4.69) is 16.0 Å². The van der Waals surface area contributed by atoms with Gasteiger partial charge < -0.3 is 25.6 Å². The van der Waals surface area contributed by atoms with E-state index in [0.29, 0.717) is 34.4 Å². The first-order valence-corrected chi connectivity index (χ1v) is 9.95. The summed E-state index contributed by atoms with van der Waals surface area (Å²) in [5.41, 5.74) is 0.942. The van der Waals surface area contributed by atoms with Gasteiger partial charge in [0, 0.05) is 56.0 Å². The summed E-state index contributed by atoms with van der Waals surface area (Å²) in [5.74, 6) is -1.28. The second-order valence-corrected chi connectivity index (χ2v) is 7.31. The van der Waals surface area contributed by atoms with Gasteiger partial charge in [0.2, 0.25) is 5.91 Å². The lowest BCUT2D eigenvalue weighted by Gasteiger charge is -2.37. The van der Waals surface area contributed by atoms with Gasteiger partial charge in [0.05, 0.1) is 11.1 Å². The lowest BCUT2D eigenvalue weighted by Crippen LogP contribution is -2.59. The first-order valence-electron chi connectivity index (χ1n) is 9.95. The number of carbonyl (C=O) groups excluding carboxylic acids is 3. The minimum atomic E-state index is -1.66. The van der Waals surface area contributed by atoms with E-state index in [9.17, 15) is 18.8 Å². The van der Waals surface area contributed by atoms with Crippen LogP contribution in [0.4, 0.5) is 15.8 Å². The van der Waals surface area contributed by atoms with Crippen molar-refractivity contribution in [3.63, 3.8) is 0 Å². The molecule has 2 radical (unpaired) electrons. The fourth-order valence-corrected chi connectivity index (χ4v) is 3.79. The quantitative estimate of drug-likeness (QED) is 0.425. The summed E-state index contributed by atoms with van der Waals surface area (Å²) in [6.45, 7) is 0.305. The number of amides is 2. The van der Waals surface area contributed by atoms with Crippen LogP contribution in [-0.4, -0.2) is 50.4 Å². The lowest BCUT2D eigenvalue weighted by atomic mass is 9.71. The second kappa shape index (κ2) is 9.20. The van der Waals surface area contributed by atoms with E-state index in [1.54, 1.807) is 43.4 Å². The van der Waals surface area contributed by atoms with E-state index >= 15 is 0 Å². The Kier molecular flexibility index (Phi) is 6.63. The summed E-state index contributed by atoms with van der Waals surface area (Å²) in [5, 5.41) is 8.47. The number of aldehydes is 1. The maximum atomic E-state index is 14.5. The Balaban J connectivity index is 1.88. The first-order chi connectivity index (χ1) is 14.9. The molecule has 0 spiro atoms. The molecule has 0 aliphatic carbocycles. The number of fused-ring (bicyclic) bond motifs is 1. The van der Waals surface area contributed by atoms with E-state index < -0.39 is 11.3 Å². The Morgan fingerprint density at radius 1 is 1.23 bits per heavy atom. The molecule has 0 bridgehead atoms. The fraction of sp³-hybridized carbons (Fsp3) is 0.318. The Morgan fingerprint density at radius 3 is 2.61 bits per heavy atom. The van der Waals surface area contributed by atoms with Crippen LogP contribution in [0.15, 0.2) is 36.4 Å². The van der Waals surface area contributed by atoms with Crippen molar-refractivity contribution in [3.05, 3.63) is 58.9 Å². The van der Waals surface area contributed by atoms with Crippen LogP contribution in [0, 0.1) is 5.82 Å². The zero-order valence-corrected chi connectivity index (χ0v) is 17.5. The number of rotatable bonds is 9. The zero-order valence-electron chi connectivity index (χ0n) is 17.5. The van der Waals surface area contributed by atoms with E-state index in [4.69, 9.17) is 7.85 Å². The third-order valence-corrected chi connectivity index (χ3v) is 5.53. The van der Waals surface area contributed by atoms with Gasteiger partial charge >= 0.3 is 0 Å². The number of nitrogens with zero attached hydrogens (tertiary/aromatic N) is 1. The standard InChI is InChI=1S/C22H24BFN4O3/c1-25-18-9-3-6-14(19(18)24)12-27-17-8-4-7-15-16(17)13-28(20(15)30)22(23,10-5-11-29)21(31)26-2/h3-4,6-9,11,25,27H,5,10,12-13H2,1-2H3,(H,26,31). The van der Waals surface area contributed by atoms with Crippen LogP contribution in [-0.2, 0) is 22.7 Å². The highest BCUT2D eigenvalue weighted by atomic mass is 19.1. The van der Waals surface area contributed by atoms with Crippen LogP contribution in [0.3, 0.4) is 0 Å². The van der Waals surface area contributed by atoms with Crippen molar-refractivity contribution in [1.29, 1.82) is 0 Å². The molecule has 1 unspecified atom stereocenters. The molecule has 3 N–H and O–H groups in total. The van der Waals surface area contributed by atoms with E-state index in [-0.39, 0.29) is 37.7 Å². The fourth-order valence-electron chi connectivity index (χ4n) is 3.79. The normalized spacial score (nSPS) is 14.5. The molecule has 0 aromatic heterocycles. The molecular formula is C22H24BFN4O3. The maximum Gasteiger partial charge on any atom is 0.254 e. The third-order valence-electron chi connectivity index (χ3n) is 5.53. The Labute approximate surface area is 181 Å². The predicted octanol–water partition coefficient (Wildman–Crippen LogP) is 2.03. The molecule has 0 saturated heterocycles. The van der Waals surface area contributed by atoms with Crippen LogP contribution in [0.1, 0.15) is 34.3 Å². The summed E-state index contributed by atoms with van der Waals surface area (Å²) in [4.78, 5) is 37.8. The third kappa shape index (κ3) is 4.12. The molecule has 1 atom stereocenters. The van der Waals surface area contributed by atoms with Gasteiger partial charge in [0.15, 0.2) is 5.82 Å². The summed E-state index contributed by atoms with van der Waals surface area (Å²) in [7, 11) is 9.42. The van der Waals surface area contributed by atoms with Crippen LogP contribution in [0.25, 0.3) is 0 Å². The highest BCUT2D eigenvalue weighted by Crippen LogP contribution is 2.35. The van der Waals surface area contributed by atoms with E-state index in [1.165, 1.54) is 11.9 Å². The van der Waals surface area contributed by atoms with Crippen molar-refractivity contribution in [2.45, 2.75) is 31.4 Å². The molecule has 1 aliphatic rings. The van der Waals surface area contributed by atoms with Gasteiger partial charge in [-0.1, -0.05) is 18.2 Å². The smallest absolute Gasteiger partial charge is 0.254 e. The average Bonchev–Trinajstić information content (AvgIpc) is 3.14. The largest absolute Gasteiger partial charge is 0.386 e. The Hall–Kier alpha value is -3.36. The summed E-state index contributed by atoms with van der Waals surface area (Å²) in [6, 6.07) is 10.3. The topological polar surface area (TPSA) is 90.5 Å². The zero-order chi connectivity index (χ0) is 22.6. The van der Waals surface area contributed by atoms with Crippen molar-refractivity contribution in [2.24, 2.45) is 0 Å². The van der Waals surface area contributed by atoms with Crippen molar-refractivity contribution in [3.8, 4) is 0 Å². The number of carbonyl (C=O) groups is 3. The second-order valence-electron chi connectivity index (χ2n) is 7.31. The number of nitrogens with one attached hydrogen (secondary N) is 3. The van der Waals surface area contributed by atoms with Gasteiger partial charge in [-0.2, -0.15) is 0 Å².